The number of hydrogen-bond donors (Lipinski definition) is 0. The molecule has 1 rings (SSSR count). The lowest BCUT2D eigenvalue weighted by Gasteiger charge is -2.22. The van der Waals surface area contributed by atoms with E-state index in [4.69, 9.17) is 0 Å². The van der Waals surface area contributed by atoms with E-state index in [2.05, 4.69) is 4.99 Å². The number of aryl methyl sites for hydroxylation is 1. The highest BCUT2D eigenvalue weighted by molar-refractivity contribution is 14.0. The molecule has 0 atom stereocenters. The molecule has 0 aliphatic rings. The van der Waals surface area contributed by atoms with E-state index < -0.39 is 0 Å². The summed E-state index contributed by atoms with van der Waals surface area (Å²) in [4.78, 5) is 8.52. The molecule has 0 heterocycles. The summed E-state index contributed by atoms with van der Waals surface area (Å²) in [7, 11) is 7.90. The maximum Gasteiger partial charge on any atom is 0.195 e. The summed E-state index contributed by atoms with van der Waals surface area (Å²) >= 11 is 0. The molecule has 0 fully saturated rings. The molecule has 0 unspecified atom stereocenters. The van der Waals surface area contributed by atoms with Crippen molar-refractivity contribution in [3.8, 4) is 0 Å². The van der Waals surface area contributed by atoms with Gasteiger partial charge in [0.2, 0.25) is 0 Å². The molecule has 3 nitrogen and oxygen atoms in total. The summed E-state index contributed by atoms with van der Waals surface area (Å²) in [5.41, 5.74) is 2.14. The molecule has 1 aromatic carbocycles. The van der Waals surface area contributed by atoms with Gasteiger partial charge in [0.25, 0.3) is 0 Å². The first-order valence-corrected chi connectivity index (χ1v) is 6.06. The van der Waals surface area contributed by atoms with Crippen molar-refractivity contribution in [2.45, 2.75) is 13.3 Å². The molecular weight excluding hydrogens is 356 g/mol. The number of hydrogen-bond acceptors (Lipinski definition) is 1. The Bertz CT molecular complexity index is 421. The van der Waals surface area contributed by atoms with Gasteiger partial charge in [-0.05, 0) is 36.6 Å². The van der Waals surface area contributed by atoms with Crippen molar-refractivity contribution in [2.75, 3.05) is 34.7 Å². The third-order valence-corrected chi connectivity index (χ3v) is 2.74. The van der Waals surface area contributed by atoms with Crippen LogP contribution in [0.1, 0.15) is 11.1 Å². The van der Waals surface area contributed by atoms with Crippen LogP contribution in [0, 0.1) is 12.7 Å². The van der Waals surface area contributed by atoms with E-state index in [-0.39, 0.29) is 29.8 Å². The van der Waals surface area contributed by atoms with E-state index in [0.29, 0.717) is 6.54 Å². The molecule has 0 aromatic heterocycles. The van der Waals surface area contributed by atoms with Crippen LogP contribution in [0.15, 0.2) is 23.2 Å². The third kappa shape index (κ3) is 5.76. The molecule has 0 saturated heterocycles. The number of nitrogens with zero attached hydrogens (tertiary/aromatic N) is 3. The predicted molar refractivity (Wildman–Crippen MR) is 89.9 cm³/mol. The van der Waals surface area contributed by atoms with Gasteiger partial charge in [0, 0.05) is 34.7 Å². The van der Waals surface area contributed by atoms with Crippen LogP contribution in [-0.2, 0) is 6.42 Å². The molecular formula is C14H23FIN3. The summed E-state index contributed by atoms with van der Waals surface area (Å²) in [6.45, 7) is 2.64. The van der Waals surface area contributed by atoms with Crippen molar-refractivity contribution in [1.82, 2.24) is 9.80 Å². The second-order valence-electron chi connectivity index (χ2n) is 4.79. The lowest BCUT2D eigenvalue weighted by Crippen LogP contribution is -2.35. The van der Waals surface area contributed by atoms with Gasteiger partial charge in [0.1, 0.15) is 5.82 Å². The smallest absolute Gasteiger partial charge is 0.195 e. The zero-order valence-electron chi connectivity index (χ0n) is 12.3. The van der Waals surface area contributed by atoms with Gasteiger partial charge in [-0.2, -0.15) is 0 Å². The fourth-order valence-corrected chi connectivity index (χ4v) is 1.90. The van der Waals surface area contributed by atoms with Gasteiger partial charge >= 0.3 is 0 Å². The molecule has 0 radical (unpaired) electrons. The van der Waals surface area contributed by atoms with E-state index in [1.165, 1.54) is 6.07 Å². The van der Waals surface area contributed by atoms with E-state index >= 15 is 0 Å². The van der Waals surface area contributed by atoms with Crippen molar-refractivity contribution in [3.05, 3.63) is 35.1 Å². The quantitative estimate of drug-likeness (QED) is 0.457. The van der Waals surface area contributed by atoms with Gasteiger partial charge in [0.05, 0.1) is 0 Å². The zero-order chi connectivity index (χ0) is 13.7. The minimum absolute atomic E-state index is 0. The predicted octanol–water partition coefficient (Wildman–Crippen LogP) is 2.77. The minimum Gasteiger partial charge on any atom is -0.349 e. The van der Waals surface area contributed by atoms with E-state index in [0.717, 1.165) is 23.5 Å². The van der Waals surface area contributed by atoms with Crippen LogP contribution in [0.5, 0.6) is 0 Å². The lowest BCUT2D eigenvalue weighted by molar-refractivity contribution is 0.479. The first-order chi connectivity index (χ1) is 8.41. The Morgan fingerprint density at radius 2 is 1.74 bits per heavy atom. The van der Waals surface area contributed by atoms with Gasteiger partial charge in [-0.1, -0.05) is 6.07 Å². The van der Waals surface area contributed by atoms with Crippen LogP contribution in [0.25, 0.3) is 0 Å². The summed E-state index contributed by atoms with van der Waals surface area (Å²) in [5, 5.41) is 0. The Kier molecular flexibility index (Phi) is 7.97. The Hall–Kier alpha value is -0.850. The van der Waals surface area contributed by atoms with Crippen molar-refractivity contribution >= 4 is 29.9 Å². The average molecular weight is 379 g/mol. The molecule has 0 aliphatic heterocycles. The van der Waals surface area contributed by atoms with Crippen molar-refractivity contribution < 1.29 is 4.39 Å². The van der Waals surface area contributed by atoms with Gasteiger partial charge in [-0.15, -0.1) is 24.0 Å². The van der Waals surface area contributed by atoms with Crippen molar-refractivity contribution in [3.63, 3.8) is 0 Å². The van der Waals surface area contributed by atoms with Crippen LogP contribution in [-0.4, -0.2) is 50.5 Å². The SMILES string of the molecule is Cc1cc(F)ccc1CCN=C(N(C)C)N(C)C.I. The van der Waals surface area contributed by atoms with Crippen LogP contribution in [0.3, 0.4) is 0 Å². The highest BCUT2D eigenvalue weighted by Gasteiger charge is 2.04. The minimum atomic E-state index is -0.179. The average Bonchev–Trinajstić information content (AvgIpc) is 2.25. The van der Waals surface area contributed by atoms with Gasteiger partial charge in [-0.3, -0.25) is 4.99 Å². The lowest BCUT2D eigenvalue weighted by atomic mass is 10.1. The van der Waals surface area contributed by atoms with E-state index in [1.54, 1.807) is 6.07 Å². The van der Waals surface area contributed by atoms with Crippen LogP contribution < -0.4 is 0 Å². The molecule has 0 spiro atoms. The number of benzene rings is 1. The highest BCUT2D eigenvalue weighted by atomic mass is 127. The third-order valence-electron chi connectivity index (χ3n) is 2.74. The summed E-state index contributed by atoms with van der Waals surface area (Å²) in [5.74, 6) is 0.761. The monoisotopic (exact) mass is 379 g/mol. The topological polar surface area (TPSA) is 18.8 Å². The standard InChI is InChI=1S/C14H22FN3.HI/c1-11-10-13(15)7-6-12(11)8-9-16-14(17(2)3)18(4)5;/h6-7,10H,8-9H2,1-5H3;1H. The Morgan fingerprint density at radius 1 is 1.16 bits per heavy atom. The summed E-state index contributed by atoms with van der Waals surface area (Å²) in [6, 6.07) is 4.91. The van der Waals surface area contributed by atoms with Crippen LogP contribution >= 0.6 is 24.0 Å². The molecule has 5 heteroatoms. The van der Waals surface area contributed by atoms with Crippen molar-refractivity contribution in [1.29, 1.82) is 0 Å². The molecule has 0 N–H and O–H groups in total. The molecule has 0 aliphatic carbocycles. The van der Waals surface area contributed by atoms with Gasteiger partial charge in [-0.25, -0.2) is 4.39 Å². The van der Waals surface area contributed by atoms with E-state index in [1.807, 2.05) is 51.0 Å². The molecule has 108 valence electrons. The molecule has 1 aromatic rings. The van der Waals surface area contributed by atoms with Crippen LogP contribution in [0.2, 0.25) is 0 Å². The number of rotatable bonds is 3. The molecule has 0 saturated carbocycles. The fourth-order valence-electron chi connectivity index (χ4n) is 1.90. The van der Waals surface area contributed by atoms with E-state index in [9.17, 15) is 4.39 Å². The van der Waals surface area contributed by atoms with Crippen LogP contribution in [0.4, 0.5) is 4.39 Å². The van der Waals surface area contributed by atoms with Gasteiger partial charge in [0.15, 0.2) is 5.96 Å². The maximum atomic E-state index is 13.0. The largest absolute Gasteiger partial charge is 0.349 e. The molecule has 19 heavy (non-hydrogen) atoms. The Labute approximate surface area is 132 Å². The maximum absolute atomic E-state index is 13.0. The Morgan fingerprint density at radius 3 is 2.21 bits per heavy atom. The number of guanidine groups is 1. The summed E-state index contributed by atoms with van der Waals surface area (Å²) in [6.07, 6.45) is 0.831. The van der Waals surface area contributed by atoms with Crippen molar-refractivity contribution in [2.24, 2.45) is 4.99 Å². The second kappa shape index (κ2) is 8.35. The van der Waals surface area contributed by atoms with Gasteiger partial charge < -0.3 is 9.80 Å². The zero-order valence-corrected chi connectivity index (χ0v) is 14.6. The molecule has 0 amide bonds. The Balaban J connectivity index is 0.00000324. The second-order valence-corrected chi connectivity index (χ2v) is 4.79. The summed E-state index contributed by atoms with van der Waals surface area (Å²) < 4.78 is 13.0. The number of aliphatic imine (C=N–C) groups is 1. The first-order valence-electron chi connectivity index (χ1n) is 6.06. The molecule has 0 bridgehead atoms. The normalized spacial score (nSPS) is 9.58. The highest BCUT2D eigenvalue weighted by Crippen LogP contribution is 2.10. The first kappa shape index (κ1) is 18.1. The number of halogens is 2. The fraction of sp³-hybridized carbons (Fsp3) is 0.500.